The number of nitrogens with one attached hydrogen (secondary N) is 1. The minimum Gasteiger partial charge on any atom is -0.312 e. The molecule has 1 aromatic carbocycles. The Morgan fingerprint density at radius 2 is 2.14 bits per heavy atom. The van der Waals surface area contributed by atoms with Gasteiger partial charge in [0.2, 0.25) is 0 Å². The predicted molar refractivity (Wildman–Crippen MR) is 87.9 cm³/mol. The molecule has 2 unspecified atom stereocenters. The van der Waals surface area contributed by atoms with Crippen LogP contribution in [0, 0.1) is 6.92 Å². The van der Waals surface area contributed by atoms with Gasteiger partial charge in [-0.15, -0.1) is 0 Å². The van der Waals surface area contributed by atoms with Crippen LogP contribution in [0.2, 0.25) is 5.02 Å². The average Bonchev–Trinajstić information content (AvgIpc) is 2.52. The summed E-state index contributed by atoms with van der Waals surface area (Å²) in [6, 6.07) is 10.7. The van der Waals surface area contributed by atoms with Crippen molar-refractivity contribution in [2.75, 3.05) is 7.05 Å². The zero-order valence-corrected chi connectivity index (χ0v) is 13.3. The van der Waals surface area contributed by atoms with Crippen molar-refractivity contribution < 1.29 is 0 Å². The molecule has 2 atom stereocenters. The van der Waals surface area contributed by atoms with Gasteiger partial charge in [0.25, 0.3) is 0 Å². The number of hydrogen-bond donors (Lipinski definition) is 1. The third kappa shape index (κ3) is 2.70. The van der Waals surface area contributed by atoms with Gasteiger partial charge in [0.05, 0.1) is 0 Å². The molecule has 2 nitrogen and oxygen atoms in total. The normalized spacial score (nSPS) is 19.1. The number of likely N-dealkylation sites (N-methyl/N-ethyl adjacent to an activating group) is 1. The van der Waals surface area contributed by atoms with Gasteiger partial charge in [-0.3, -0.25) is 4.98 Å². The Kier molecular flexibility index (Phi) is 4.27. The number of aromatic nitrogens is 1. The first-order chi connectivity index (χ1) is 10.2. The van der Waals surface area contributed by atoms with Gasteiger partial charge in [-0.1, -0.05) is 29.8 Å². The van der Waals surface area contributed by atoms with E-state index in [4.69, 9.17) is 11.6 Å². The second-order valence-electron chi connectivity index (χ2n) is 5.77. The van der Waals surface area contributed by atoms with Gasteiger partial charge in [0.15, 0.2) is 0 Å². The van der Waals surface area contributed by atoms with E-state index in [0.717, 1.165) is 11.4 Å². The van der Waals surface area contributed by atoms with Crippen molar-refractivity contribution >= 4 is 11.6 Å². The molecule has 1 aliphatic carbocycles. The van der Waals surface area contributed by atoms with Crippen molar-refractivity contribution in [2.45, 2.75) is 38.1 Å². The van der Waals surface area contributed by atoms with Crippen LogP contribution in [-0.4, -0.2) is 12.0 Å². The number of fused-ring (bicyclic) bond motifs is 1. The Morgan fingerprint density at radius 3 is 2.95 bits per heavy atom. The topological polar surface area (TPSA) is 24.9 Å². The average molecular weight is 301 g/mol. The first kappa shape index (κ1) is 14.6. The maximum Gasteiger partial charge on any atom is 0.0485 e. The summed E-state index contributed by atoms with van der Waals surface area (Å²) in [7, 11) is 2.03. The molecule has 3 rings (SSSR count). The van der Waals surface area contributed by atoms with Crippen molar-refractivity contribution in [1.29, 1.82) is 0 Å². The second kappa shape index (κ2) is 6.17. The third-order valence-electron chi connectivity index (χ3n) is 4.60. The number of rotatable bonds is 3. The van der Waals surface area contributed by atoms with Gasteiger partial charge in [-0.05, 0) is 62.1 Å². The maximum absolute atomic E-state index is 6.31. The van der Waals surface area contributed by atoms with Crippen LogP contribution < -0.4 is 5.32 Å². The van der Waals surface area contributed by atoms with E-state index in [0.29, 0.717) is 5.92 Å². The lowest BCUT2D eigenvalue weighted by Gasteiger charge is -2.32. The summed E-state index contributed by atoms with van der Waals surface area (Å²) in [5, 5.41) is 4.34. The number of pyridine rings is 1. The Balaban J connectivity index is 2.04. The van der Waals surface area contributed by atoms with Gasteiger partial charge >= 0.3 is 0 Å². The summed E-state index contributed by atoms with van der Waals surface area (Å²) in [4.78, 5) is 4.67. The van der Waals surface area contributed by atoms with Crippen LogP contribution in [0.1, 0.15) is 47.2 Å². The first-order valence-corrected chi connectivity index (χ1v) is 7.96. The molecule has 0 bridgehead atoms. The fraction of sp³-hybridized carbons (Fsp3) is 0.389. The molecule has 0 fully saturated rings. The Morgan fingerprint density at radius 1 is 1.29 bits per heavy atom. The summed E-state index contributed by atoms with van der Waals surface area (Å²) >= 11 is 6.31. The lowest BCUT2D eigenvalue weighted by Crippen LogP contribution is -2.28. The summed E-state index contributed by atoms with van der Waals surface area (Å²) < 4.78 is 0. The van der Waals surface area contributed by atoms with Crippen LogP contribution >= 0.6 is 11.6 Å². The predicted octanol–water partition coefficient (Wildman–Crippen LogP) is 4.42. The molecule has 1 aromatic heterocycles. The molecule has 1 aliphatic rings. The quantitative estimate of drug-likeness (QED) is 0.907. The number of hydrogen-bond acceptors (Lipinski definition) is 2. The van der Waals surface area contributed by atoms with E-state index in [1.54, 1.807) is 0 Å². The second-order valence-corrected chi connectivity index (χ2v) is 6.17. The van der Waals surface area contributed by atoms with Crippen LogP contribution in [0.4, 0.5) is 0 Å². The van der Waals surface area contributed by atoms with Crippen LogP contribution in [0.15, 0.2) is 36.5 Å². The zero-order chi connectivity index (χ0) is 14.8. The van der Waals surface area contributed by atoms with Gasteiger partial charge in [0.1, 0.15) is 0 Å². The SMILES string of the molecule is CNC(c1cccc(Cl)c1C)C1CCCc2cccnc21. The van der Waals surface area contributed by atoms with Crippen molar-refractivity contribution in [1.82, 2.24) is 10.3 Å². The summed E-state index contributed by atoms with van der Waals surface area (Å²) in [6.07, 6.45) is 5.45. The molecular weight excluding hydrogens is 280 g/mol. The molecule has 0 aliphatic heterocycles. The lowest BCUT2D eigenvalue weighted by molar-refractivity contribution is 0.414. The first-order valence-electron chi connectivity index (χ1n) is 7.58. The highest BCUT2D eigenvalue weighted by molar-refractivity contribution is 6.31. The van der Waals surface area contributed by atoms with Crippen LogP contribution in [0.25, 0.3) is 0 Å². The highest BCUT2D eigenvalue weighted by Crippen LogP contribution is 2.40. The molecule has 3 heteroatoms. The maximum atomic E-state index is 6.31. The molecule has 0 spiro atoms. The molecular formula is C18H21ClN2. The van der Waals surface area contributed by atoms with Gasteiger partial charge in [0, 0.05) is 28.9 Å². The van der Waals surface area contributed by atoms with Crippen LogP contribution in [-0.2, 0) is 6.42 Å². The molecule has 1 heterocycles. The number of aryl methyl sites for hydroxylation is 1. The molecule has 0 saturated carbocycles. The van der Waals surface area contributed by atoms with Gasteiger partial charge in [-0.2, -0.15) is 0 Å². The largest absolute Gasteiger partial charge is 0.312 e. The van der Waals surface area contributed by atoms with Gasteiger partial charge < -0.3 is 5.32 Å². The summed E-state index contributed by atoms with van der Waals surface area (Å²) in [5.74, 6) is 0.414. The fourth-order valence-corrected chi connectivity index (χ4v) is 3.69. The van der Waals surface area contributed by atoms with E-state index in [1.165, 1.54) is 35.2 Å². The van der Waals surface area contributed by atoms with E-state index < -0.39 is 0 Å². The molecule has 21 heavy (non-hydrogen) atoms. The van der Waals surface area contributed by atoms with E-state index in [-0.39, 0.29) is 6.04 Å². The van der Waals surface area contributed by atoms with Crippen LogP contribution in [0.3, 0.4) is 0 Å². The van der Waals surface area contributed by atoms with Gasteiger partial charge in [-0.25, -0.2) is 0 Å². The smallest absolute Gasteiger partial charge is 0.0485 e. The highest BCUT2D eigenvalue weighted by atomic mass is 35.5. The molecule has 110 valence electrons. The number of benzene rings is 1. The molecule has 2 aromatic rings. The monoisotopic (exact) mass is 300 g/mol. The zero-order valence-electron chi connectivity index (χ0n) is 12.6. The Labute approximate surface area is 131 Å². The van der Waals surface area contributed by atoms with E-state index >= 15 is 0 Å². The summed E-state index contributed by atoms with van der Waals surface area (Å²) in [6.45, 7) is 2.10. The number of halogens is 1. The van der Waals surface area contributed by atoms with Crippen molar-refractivity contribution in [3.05, 3.63) is 63.9 Å². The van der Waals surface area contributed by atoms with E-state index in [2.05, 4.69) is 29.4 Å². The molecule has 0 saturated heterocycles. The number of nitrogens with zero attached hydrogens (tertiary/aromatic N) is 1. The van der Waals surface area contributed by atoms with Crippen LogP contribution in [0.5, 0.6) is 0 Å². The van der Waals surface area contributed by atoms with E-state index in [1.807, 2.05) is 31.4 Å². The standard InChI is InChI=1S/C18H21ClN2/c1-12-14(8-4-10-16(12)19)18(20-2)15-9-3-6-13-7-5-11-21-17(13)15/h4-5,7-8,10-11,15,18,20H,3,6,9H2,1-2H3. The molecule has 1 N–H and O–H groups in total. The highest BCUT2D eigenvalue weighted by Gasteiger charge is 2.30. The summed E-state index contributed by atoms with van der Waals surface area (Å²) in [5.41, 5.74) is 5.10. The molecule has 0 amide bonds. The Bertz CT molecular complexity index is 639. The minimum atomic E-state index is 0.262. The minimum absolute atomic E-state index is 0.262. The third-order valence-corrected chi connectivity index (χ3v) is 5.01. The van der Waals surface area contributed by atoms with E-state index in [9.17, 15) is 0 Å². The lowest BCUT2D eigenvalue weighted by atomic mass is 9.79. The van der Waals surface area contributed by atoms with Crippen molar-refractivity contribution in [2.24, 2.45) is 0 Å². The Hall–Kier alpha value is -1.38. The van der Waals surface area contributed by atoms with Crippen molar-refractivity contribution in [3.63, 3.8) is 0 Å². The van der Waals surface area contributed by atoms with Crippen molar-refractivity contribution in [3.8, 4) is 0 Å². The fourth-order valence-electron chi connectivity index (χ4n) is 3.50. The molecule has 0 radical (unpaired) electrons.